The van der Waals surface area contributed by atoms with Gasteiger partial charge in [0.05, 0.1) is 11.9 Å². The summed E-state index contributed by atoms with van der Waals surface area (Å²) in [5.41, 5.74) is 0. The molecule has 152 valence electrons. The third kappa shape index (κ3) is 7.58. The first-order valence-corrected chi connectivity index (χ1v) is 9.21. The van der Waals surface area contributed by atoms with Crippen molar-refractivity contribution in [3.8, 4) is 0 Å². The largest absolute Gasteiger partial charge is 0.465 e. The summed E-state index contributed by atoms with van der Waals surface area (Å²) >= 11 is 0.927. The molecule has 0 aromatic heterocycles. The Hall–Kier alpha value is -2.10. The quantitative estimate of drug-likeness (QED) is 0.468. The maximum absolute atomic E-state index is 11.6. The van der Waals surface area contributed by atoms with Gasteiger partial charge in [-0.3, -0.25) is 24.0 Å². The highest BCUT2D eigenvalue weighted by atomic mass is 32.2. The summed E-state index contributed by atoms with van der Waals surface area (Å²) in [4.78, 5) is 57.6. The molecule has 0 bridgehead atoms. The first-order chi connectivity index (χ1) is 12.5. The van der Waals surface area contributed by atoms with Gasteiger partial charge < -0.3 is 18.9 Å². The van der Waals surface area contributed by atoms with Crippen molar-refractivity contribution in [2.24, 2.45) is 5.92 Å². The molecule has 0 aromatic rings. The Morgan fingerprint density at radius 1 is 0.741 bits per heavy atom. The molecule has 0 spiro atoms. The Bertz CT molecular complexity index is 603. The van der Waals surface area contributed by atoms with Crippen molar-refractivity contribution in [1.82, 2.24) is 0 Å². The fourth-order valence-corrected chi connectivity index (χ4v) is 4.08. The number of esters is 4. The van der Waals surface area contributed by atoms with E-state index in [1.54, 1.807) is 0 Å². The summed E-state index contributed by atoms with van der Waals surface area (Å²) in [5.74, 6) is -3.02. The Kier molecular flexibility index (Phi) is 8.74. The van der Waals surface area contributed by atoms with Gasteiger partial charge in [0.15, 0.2) is 17.3 Å². The molecule has 0 heterocycles. The molecule has 0 N–H and O–H groups in total. The number of rotatable bonds is 6. The van der Waals surface area contributed by atoms with Crippen LogP contribution in [0, 0.1) is 5.92 Å². The highest BCUT2D eigenvalue weighted by Crippen LogP contribution is 2.38. The van der Waals surface area contributed by atoms with Crippen molar-refractivity contribution < 1.29 is 42.9 Å². The van der Waals surface area contributed by atoms with Gasteiger partial charge in [-0.1, -0.05) is 11.8 Å². The first kappa shape index (κ1) is 22.9. The number of hydrogen-bond donors (Lipinski definition) is 0. The number of ether oxygens (including phenoxy) is 4. The molecule has 10 heteroatoms. The van der Waals surface area contributed by atoms with E-state index in [0.717, 1.165) is 11.8 Å². The highest BCUT2D eigenvalue weighted by molar-refractivity contribution is 8.14. The molecular formula is C17H24O9S. The molecule has 1 aliphatic rings. The molecule has 1 saturated carbocycles. The van der Waals surface area contributed by atoms with E-state index in [9.17, 15) is 24.0 Å². The van der Waals surface area contributed by atoms with Gasteiger partial charge in [-0.25, -0.2) is 0 Å². The zero-order valence-corrected chi connectivity index (χ0v) is 16.7. The van der Waals surface area contributed by atoms with Crippen LogP contribution in [0.5, 0.6) is 0 Å². The summed E-state index contributed by atoms with van der Waals surface area (Å²) in [7, 11) is 0. The molecule has 2 unspecified atom stereocenters. The van der Waals surface area contributed by atoms with Crippen molar-refractivity contribution >= 4 is 40.8 Å². The lowest BCUT2D eigenvalue weighted by molar-refractivity contribution is -0.198. The molecule has 0 radical (unpaired) electrons. The summed E-state index contributed by atoms with van der Waals surface area (Å²) < 4.78 is 21.0. The lowest BCUT2D eigenvalue weighted by Crippen LogP contribution is -2.58. The van der Waals surface area contributed by atoms with E-state index in [2.05, 4.69) is 0 Å². The van der Waals surface area contributed by atoms with Crippen molar-refractivity contribution in [2.75, 3.05) is 6.61 Å². The lowest BCUT2D eigenvalue weighted by Gasteiger charge is -2.44. The molecular weight excluding hydrogens is 380 g/mol. The number of carbonyl (C=O) groups is 5. The van der Waals surface area contributed by atoms with Crippen LogP contribution in [-0.2, 0) is 42.9 Å². The summed E-state index contributed by atoms with van der Waals surface area (Å²) in [5, 5.41) is -0.793. The predicted molar refractivity (Wildman–Crippen MR) is 93.5 cm³/mol. The lowest BCUT2D eigenvalue weighted by atomic mass is 9.82. The second-order valence-electron chi connectivity index (χ2n) is 6.17. The van der Waals surface area contributed by atoms with E-state index in [1.807, 2.05) is 0 Å². The molecule has 1 rings (SSSR count). The topological polar surface area (TPSA) is 122 Å². The summed E-state index contributed by atoms with van der Waals surface area (Å²) in [6.45, 7) is 6.02. The Balaban J connectivity index is 3.29. The number of carbonyl (C=O) groups excluding carboxylic acids is 5. The fourth-order valence-electron chi connectivity index (χ4n) is 2.96. The SMILES string of the molecule is CC(=O)OCC1C[C@@H](SC(C)=O)[C@@H](OC(C)=O)C(OC(C)=O)[C@@H]1OC(C)=O. The van der Waals surface area contributed by atoms with Crippen LogP contribution in [0.25, 0.3) is 0 Å². The first-order valence-electron chi connectivity index (χ1n) is 8.33. The van der Waals surface area contributed by atoms with Crippen LogP contribution < -0.4 is 0 Å². The Morgan fingerprint density at radius 3 is 1.67 bits per heavy atom. The maximum Gasteiger partial charge on any atom is 0.303 e. The smallest absolute Gasteiger partial charge is 0.303 e. The molecule has 5 atom stereocenters. The monoisotopic (exact) mass is 404 g/mol. The molecule has 0 saturated heterocycles. The van der Waals surface area contributed by atoms with Crippen LogP contribution in [0.1, 0.15) is 41.0 Å². The van der Waals surface area contributed by atoms with Gasteiger partial charge in [0.1, 0.15) is 6.10 Å². The van der Waals surface area contributed by atoms with Crippen LogP contribution in [-0.4, -0.2) is 59.2 Å². The van der Waals surface area contributed by atoms with E-state index >= 15 is 0 Å². The van der Waals surface area contributed by atoms with E-state index in [-0.39, 0.29) is 18.1 Å². The average molecular weight is 404 g/mol. The summed E-state index contributed by atoms with van der Waals surface area (Å²) in [6.07, 6.45) is -2.90. The number of hydrogen-bond acceptors (Lipinski definition) is 10. The van der Waals surface area contributed by atoms with E-state index < -0.39 is 53.4 Å². The van der Waals surface area contributed by atoms with E-state index in [0.29, 0.717) is 0 Å². The van der Waals surface area contributed by atoms with E-state index in [4.69, 9.17) is 18.9 Å². The van der Waals surface area contributed by atoms with Crippen LogP contribution in [0.2, 0.25) is 0 Å². The van der Waals surface area contributed by atoms with E-state index in [1.165, 1.54) is 34.6 Å². The van der Waals surface area contributed by atoms with Gasteiger partial charge in [-0.2, -0.15) is 0 Å². The second kappa shape index (κ2) is 10.3. The Labute approximate surface area is 161 Å². The minimum atomic E-state index is -1.14. The minimum Gasteiger partial charge on any atom is -0.465 e. The molecule has 0 amide bonds. The van der Waals surface area contributed by atoms with Gasteiger partial charge in [-0.15, -0.1) is 0 Å². The zero-order chi connectivity index (χ0) is 20.7. The average Bonchev–Trinajstić information content (AvgIpc) is 2.49. The van der Waals surface area contributed by atoms with Crippen LogP contribution >= 0.6 is 11.8 Å². The molecule has 1 aliphatic carbocycles. The predicted octanol–water partition coefficient (Wildman–Crippen LogP) is 1.01. The highest BCUT2D eigenvalue weighted by Gasteiger charge is 2.51. The summed E-state index contributed by atoms with van der Waals surface area (Å²) in [6, 6.07) is 0. The molecule has 27 heavy (non-hydrogen) atoms. The van der Waals surface area contributed by atoms with Crippen LogP contribution in [0.4, 0.5) is 0 Å². The molecule has 9 nitrogen and oxygen atoms in total. The van der Waals surface area contributed by atoms with Crippen molar-refractivity contribution in [3.05, 3.63) is 0 Å². The third-order valence-electron chi connectivity index (χ3n) is 3.74. The number of thioether (sulfide) groups is 1. The Morgan fingerprint density at radius 2 is 1.22 bits per heavy atom. The van der Waals surface area contributed by atoms with Crippen molar-refractivity contribution in [3.63, 3.8) is 0 Å². The molecule has 0 aliphatic heterocycles. The normalized spacial score (nSPS) is 27.2. The van der Waals surface area contributed by atoms with Gasteiger partial charge in [0.2, 0.25) is 0 Å². The second-order valence-corrected chi connectivity index (χ2v) is 7.58. The van der Waals surface area contributed by atoms with Crippen LogP contribution in [0.3, 0.4) is 0 Å². The van der Waals surface area contributed by atoms with Gasteiger partial charge in [0, 0.05) is 40.5 Å². The third-order valence-corrected chi connectivity index (χ3v) is 4.83. The van der Waals surface area contributed by atoms with Crippen LogP contribution in [0.15, 0.2) is 0 Å². The minimum absolute atomic E-state index is 0.104. The fraction of sp³-hybridized carbons (Fsp3) is 0.706. The molecule has 0 aromatic carbocycles. The zero-order valence-electron chi connectivity index (χ0n) is 15.9. The van der Waals surface area contributed by atoms with Crippen molar-refractivity contribution in [1.29, 1.82) is 0 Å². The van der Waals surface area contributed by atoms with Gasteiger partial charge >= 0.3 is 23.9 Å². The standard InChI is InChI=1S/C17H24O9S/c1-8(18)23-7-13-6-14(27-12(5)22)16(25-10(3)20)17(26-11(4)21)15(13)24-9(2)19/h13-17H,6-7H2,1-5H3/t13?,14-,15-,16-,17?/m1/s1. The van der Waals surface area contributed by atoms with Crippen molar-refractivity contribution in [2.45, 2.75) is 64.6 Å². The maximum atomic E-state index is 11.6. The van der Waals surface area contributed by atoms with Gasteiger partial charge in [-0.05, 0) is 6.42 Å². The molecule has 1 fully saturated rings. The van der Waals surface area contributed by atoms with Gasteiger partial charge in [0.25, 0.3) is 0 Å².